The summed E-state index contributed by atoms with van der Waals surface area (Å²) in [5.74, 6) is 0.566. The van der Waals surface area contributed by atoms with Gasteiger partial charge in [0.2, 0.25) is 0 Å². The van der Waals surface area contributed by atoms with Crippen molar-refractivity contribution in [3.8, 4) is 0 Å². The van der Waals surface area contributed by atoms with Gasteiger partial charge in [-0.3, -0.25) is 0 Å². The number of carboxylic acid groups (broad SMARTS) is 1. The number of carbonyl (C=O) groups is 1. The average Bonchev–Trinajstić information content (AvgIpc) is 2.74. The molecule has 0 saturated carbocycles. The zero-order valence-corrected chi connectivity index (χ0v) is 12.8. The molecule has 2 atom stereocenters. The van der Waals surface area contributed by atoms with Crippen molar-refractivity contribution in [1.29, 1.82) is 0 Å². The molecule has 8 heteroatoms. The van der Waals surface area contributed by atoms with Crippen molar-refractivity contribution in [3.05, 3.63) is 21.8 Å². The lowest BCUT2D eigenvalue weighted by molar-refractivity contribution is 0.128. The minimum absolute atomic E-state index is 0.0350. The highest BCUT2D eigenvalue weighted by Crippen LogP contribution is 2.39. The smallest absolute Gasteiger partial charge is 0.407 e. The van der Waals surface area contributed by atoms with Gasteiger partial charge < -0.3 is 14.9 Å². The van der Waals surface area contributed by atoms with Crippen LogP contribution in [0.1, 0.15) is 24.6 Å². The van der Waals surface area contributed by atoms with Gasteiger partial charge in [-0.25, -0.2) is 18.6 Å². The van der Waals surface area contributed by atoms with Crippen molar-refractivity contribution in [2.24, 2.45) is 0 Å². The minimum atomic E-state index is -2.64. The summed E-state index contributed by atoms with van der Waals surface area (Å²) in [6.45, 7) is 2.62. The first-order chi connectivity index (χ1) is 9.88. The number of amides is 1. The molecule has 114 valence electrons. The van der Waals surface area contributed by atoms with Crippen molar-refractivity contribution >= 4 is 27.8 Å². The first kappa shape index (κ1) is 14.5. The third-order valence-corrected chi connectivity index (χ3v) is 4.66. The van der Waals surface area contributed by atoms with Gasteiger partial charge in [0.25, 0.3) is 6.43 Å². The summed E-state index contributed by atoms with van der Waals surface area (Å²) >= 11 is 3.13. The predicted octanol–water partition coefficient (Wildman–Crippen LogP) is 2.89. The maximum absolute atomic E-state index is 13.0. The van der Waals surface area contributed by atoms with Gasteiger partial charge in [-0.15, -0.1) is 0 Å². The Morgan fingerprint density at radius 3 is 2.86 bits per heavy atom. The molecule has 3 heterocycles. The average molecular weight is 362 g/mol. The number of fused-ring (bicyclic) bond motifs is 3. The van der Waals surface area contributed by atoms with Crippen LogP contribution >= 0.6 is 15.9 Å². The van der Waals surface area contributed by atoms with Gasteiger partial charge in [-0.05, 0) is 40.9 Å². The fraction of sp³-hybridized carbons (Fsp3) is 0.538. The van der Waals surface area contributed by atoms with Crippen LogP contribution in [0.25, 0.3) is 0 Å². The lowest BCUT2D eigenvalue weighted by atomic mass is 10.1. The molecular weight excluding hydrogens is 348 g/mol. The number of hydrogen-bond acceptors (Lipinski definition) is 3. The van der Waals surface area contributed by atoms with E-state index in [0.717, 1.165) is 5.56 Å². The van der Waals surface area contributed by atoms with Crippen molar-refractivity contribution < 1.29 is 18.7 Å². The number of nitrogens with zero attached hydrogens (tertiary/aromatic N) is 3. The van der Waals surface area contributed by atoms with Crippen LogP contribution in [0, 0.1) is 0 Å². The van der Waals surface area contributed by atoms with Crippen LogP contribution in [-0.2, 0) is 6.42 Å². The molecule has 1 amide bonds. The number of pyridine rings is 1. The van der Waals surface area contributed by atoms with E-state index in [1.807, 2.05) is 11.8 Å². The fourth-order valence-corrected chi connectivity index (χ4v) is 3.73. The normalized spacial score (nSPS) is 24.2. The number of hydrogen-bond donors (Lipinski definition) is 1. The maximum atomic E-state index is 13.0. The topological polar surface area (TPSA) is 56.7 Å². The van der Waals surface area contributed by atoms with E-state index in [2.05, 4.69) is 20.9 Å². The molecule has 1 aromatic heterocycles. The third-order valence-electron chi connectivity index (χ3n) is 4.02. The highest BCUT2D eigenvalue weighted by atomic mass is 79.9. The second-order valence-corrected chi connectivity index (χ2v) is 6.29. The molecule has 3 rings (SSSR count). The van der Waals surface area contributed by atoms with E-state index in [4.69, 9.17) is 5.11 Å². The predicted molar refractivity (Wildman–Crippen MR) is 75.9 cm³/mol. The summed E-state index contributed by atoms with van der Waals surface area (Å²) in [6.07, 6.45) is -2.96. The summed E-state index contributed by atoms with van der Waals surface area (Å²) in [4.78, 5) is 18.6. The zero-order chi connectivity index (χ0) is 15.3. The fourth-order valence-electron chi connectivity index (χ4n) is 3.20. The lowest BCUT2D eigenvalue weighted by Gasteiger charge is -2.42. The van der Waals surface area contributed by atoms with Gasteiger partial charge in [-0.2, -0.15) is 0 Å². The maximum Gasteiger partial charge on any atom is 0.407 e. The van der Waals surface area contributed by atoms with Crippen molar-refractivity contribution in [1.82, 2.24) is 9.88 Å². The van der Waals surface area contributed by atoms with Crippen LogP contribution in [0.3, 0.4) is 0 Å². The van der Waals surface area contributed by atoms with Crippen LogP contribution in [-0.4, -0.2) is 46.3 Å². The van der Waals surface area contributed by atoms with Gasteiger partial charge in [0.05, 0.1) is 6.04 Å². The number of rotatable bonds is 1. The van der Waals surface area contributed by atoms with E-state index in [9.17, 15) is 13.6 Å². The molecular formula is C13H14BrF2N3O2. The van der Waals surface area contributed by atoms with E-state index in [0.29, 0.717) is 29.8 Å². The highest BCUT2D eigenvalue weighted by Gasteiger charge is 2.41. The van der Waals surface area contributed by atoms with Crippen molar-refractivity contribution in [2.45, 2.75) is 31.9 Å². The van der Waals surface area contributed by atoms with Gasteiger partial charge in [-0.1, -0.05) is 0 Å². The van der Waals surface area contributed by atoms with Crippen LogP contribution in [0.5, 0.6) is 0 Å². The third kappa shape index (κ3) is 2.35. The first-order valence-electron chi connectivity index (χ1n) is 6.62. The van der Waals surface area contributed by atoms with E-state index in [1.54, 1.807) is 6.07 Å². The molecule has 0 aromatic carbocycles. The number of piperazine rings is 1. The molecule has 5 nitrogen and oxygen atoms in total. The molecule has 0 radical (unpaired) electrons. The standard InChI is InChI=1S/C13H14BrF2N3O2/c1-6-4-18(13(20)21)5-8-2-7-3-9(14)10(11(15)16)17-12(7)19(6)8/h3,6,8,11H,2,4-5H2,1H3,(H,20,21)/t6-,8-/m1/s1. The monoisotopic (exact) mass is 361 g/mol. The van der Waals surface area contributed by atoms with Gasteiger partial charge in [0.15, 0.2) is 0 Å². The Morgan fingerprint density at radius 2 is 2.24 bits per heavy atom. The Labute approximate surface area is 128 Å². The summed E-state index contributed by atoms with van der Waals surface area (Å²) in [6, 6.07) is 1.56. The van der Waals surface area contributed by atoms with E-state index in [1.165, 1.54) is 4.90 Å². The molecule has 0 unspecified atom stereocenters. The van der Waals surface area contributed by atoms with Crippen LogP contribution in [0.2, 0.25) is 0 Å². The van der Waals surface area contributed by atoms with Crippen LogP contribution in [0.15, 0.2) is 10.5 Å². The second kappa shape index (κ2) is 5.08. The summed E-state index contributed by atoms with van der Waals surface area (Å²) < 4.78 is 26.3. The van der Waals surface area contributed by atoms with Crippen molar-refractivity contribution in [2.75, 3.05) is 18.0 Å². The van der Waals surface area contributed by atoms with Crippen molar-refractivity contribution in [3.63, 3.8) is 0 Å². The molecule has 1 aromatic rings. The Bertz CT molecular complexity index is 599. The van der Waals surface area contributed by atoms with E-state index < -0.39 is 12.5 Å². The molecule has 1 fully saturated rings. The van der Waals surface area contributed by atoms with E-state index >= 15 is 0 Å². The molecule has 0 bridgehead atoms. The first-order valence-corrected chi connectivity index (χ1v) is 7.41. The lowest BCUT2D eigenvalue weighted by Crippen LogP contribution is -2.58. The summed E-state index contributed by atoms with van der Waals surface area (Å²) in [5.41, 5.74) is 0.623. The molecule has 2 aliphatic heterocycles. The summed E-state index contributed by atoms with van der Waals surface area (Å²) in [5, 5.41) is 9.14. The second-order valence-electron chi connectivity index (χ2n) is 5.44. The van der Waals surface area contributed by atoms with Gasteiger partial charge in [0, 0.05) is 23.6 Å². The molecule has 0 spiro atoms. The SMILES string of the molecule is C[C@@H]1CN(C(=O)O)C[C@H]2Cc3cc(Br)c(C(F)F)nc3N21. The molecule has 21 heavy (non-hydrogen) atoms. The summed E-state index contributed by atoms with van der Waals surface area (Å²) in [7, 11) is 0. The number of anilines is 1. The minimum Gasteiger partial charge on any atom is -0.465 e. The zero-order valence-electron chi connectivity index (χ0n) is 11.3. The highest BCUT2D eigenvalue weighted by molar-refractivity contribution is 9.10. The van der Waals surface area contributed by atoms with Crippen LogP contribution in [0.4, 0.5) is 19.4 Å². The van der Waals surface area contributed by atoms with Gasteiger partial charge >= 0.3 is 6.09 Å². The number of halogens is 3. The molecule has 1 N–H and O–H groups in total. The molecule has 2 aliphatic rings. The Balaban J connectivity index is 1.97. The number of aromatic nitrogens is 1. The molecule has 1 saturated heterocycles. The largest absolute Gasteiger partial charge is 0.465 e. The van der Waals surface area contributed by atoms with Crippen LogP contribution < -0.4 is 4.90 Å². The Morgan fingerprint density at radius 1 is 1.52 bits per heavy atom. The number of alkyl halides is 2. The van der Waals surface area contributed by atoms with Gasteiger partial charge in [0.1, 0.15) is 11.5 Å². The quantitative estimate of drug-likeness (QED) is 0.835. The molecule has 0 aliphatic carbocycles. The van der Waals surface area contributed by atoms with E-state index in [-0.39, 0.29) is 17.8 Å². The Kier molecular flexibility index (Phi) is 3.51. The Hall–Kier alpha value is -1.44.